The van der Waals surface area contributed by atoms with E-state index in [1.165, 1.54) is 5.56 Å². The highest BCUT2D eigenvalue weighted by Crippen LogP contribution is 2.27. The van der Waals surface area contributed by atoms with Crippen molar-refractivity contribution in [3.8, 4) is 0 Å². The van der Waals surface area contributed by atoms with Crippen LogP contribution in [0.1, 0.15) is 31.2 Å². The summed E-state index contributed by atoms with van der Waals surface area (Å²) < 4.78 is 28.8. The van der Waals surface area contributed by atoms with E-state index in [0.29, 0.717) is 19.6 Å². The lowest BCUT2D eigenvalue weighted by Crippen LogP contribution is -2.45. The quantitative estimate of drug-likeness (QED) is 0.852. The van der Waals surface area contributed by atoms with Crippen molar-refractivity contribution in [1.82, 2.24) is 8.61 Å². The molecule has 2 aliphatic heterocycles. The molecule has 110 valence electrons. The van der Waals surface area contributed by atoms with E-state index in [4.69, 9.17) is 0 Å². The van der Waals surface area contributed by atoms with Gasteiger partial charge in [0.2, 0.25) is 0 Å². The maximum atomic E-state index is 12.7. The van der Waals surface area contributed by atoms with Gasteiger partial charge < -0.3 is 0 Å². The highest BCUT2D eigenvalue weighted by atomic mass is 32.2. The van der Waals surface area contributed by atoms with E-state index < -0.39 is 10.2 Å². The molecule has 20 heavy (non-hydrogen) atoms. The maximum Gasteiger partial charge on any atom is 0.282 e. The van der Waals surface area contributed by atoms with Crippen molar-refractivity contribution < 1.29 is 8.42 Å². The molecule has 1 aromatic rings. The summed E-state index contributed by atoms with van der Waals surface area (Å²) in [5.74, 6) is 0. The van der Waals surface area contributed by atoms with Crippen molar-refractivity contribution in [2.45, 2.75) is 38.1 Å². The van der Waals surface area contributed by atoms with E-state index in [9.17, 15) is 8.42 Å². The lowest BCUT2D eigenvalue weighted by atomic mass is 10.1. The molecule has 0 amide bonds. The van der Waals surface area contributed by atoms with Crippen LogP contribution in [0.15, 0.2) is 30.3 Å². The average Bonchev–Trinajstić information content (AvgIpc) is 3.11. The Morgan fingerprint density at radius 1 is 1.00 bits per heavy atom. The van der Waals surface area contributed by atoms with Crippen molar-refractivity contribution in [2.75, 3.05) is 19.6 Å². The minimum atomic E-state index is -3.24. The molecular weight excluding hydrogens is 272 g/mol. The fourth-order valence-electron chi connectivity index (χ4n) is 3.27. The third kappa shape index (κ3) is 2.75. The monoisotopic (exact) mass is 294 g/mol. The predicted molar refractivity (Wildman–Crippen MR) is 79.6 cm³/mol. The summed E-state index contributed by atoms with van der Waals surface area (Å²) in [4.78, 5) is 0. The van der Waals surface area contributed by atoms with Gasteiger partial charge in [0.25, 0.3) is 10.2 Å². The van der Waals surface area contributed by atoms with Gasteiger partial charge in [0.1, 0.15) is 0 Å². The normalized spacial score (nSPS) is 25.3. The van der Waals surface area contributed by atoms with Crippen LogP contribution in [0, 0.1) is 0 Å². The Morgan fingerprint density at radius 3 is 2.40 bits per heavy atom. The van der Waals surface area contributed by atoms with Gasteiger partial charge >= 0.3 is 0 Å². The van der Waals surface area contributed by atoms with Gasteiger partial charge in [-0.25, -0.2) is 0 Å². The van der Waals surface area contributed by atoms with Gasteiger partial charge in [-0.2, -0.15) is 17.0 Å². The Morgan fingerprint density at radius 2 is 1.70 bits per heavy atom. The number of nitrogens with zero attached hydrogens (tertiary/aromatic N) is 2. The van der Waals surface area contributed by atoms with Crippen molar-refractivity contribution >= 4 is 10.2 Å². The summed E-state index contributed by atoms with van der Waals surface area (Å²) in [6.07, 6.45) is 4.77. The van der Waals surface area contributed by atoms with Crippen LogP contribution in [0.3, 0.4) is 0 Å². The molecule has 2 fully saturated rings. The second-order valence-electron chi connectivity index (χ2n) is 5.71. The molecule has 2 aliphatic rings. The van der Waals surface area contributed by atoms with E-state index in [1.807, 2.05) is 18.2 Å². The summed E-state index contributed by atoms with van der Waals surface area (Å²) >= 11 is 0. The minimum Gasteiger partial charge on any atom is -0.195 e. The average molecular weight is 294 g/mol. The molecule has 5 heteroatoms. The largest absolute Gasteiger partial charge is 0.282 e. The fraction of sp³-hybridized carbons (Fsp3) is 0.600. The second-order valence-corrected chi connectivity index (χ2v) is 7.59. The summed E-state index contributed by atoms with van der Waals surface area (Å²) in [6.45, 7) is 2.06. The van der Waals surface area contributed by atoms with Gasteiger partial charge in [0, 0.05) is 25.7 Å². The van der Waals surface area contributed by atoms with E-state index in [1.54, 1.807) is 8.61 Å². The van der Waals surface area contributed by atoms with Crippen molar-refractivity contribution in [1.29, 1.82) is 0 Å². The molecule has 2 saturated heterocycles. The van der Waals surface area contributed by atoms with Crippen molar-refractivity contribution in [3.05, 3.63) is 35.9 Å². The third-order valence-corrected chi connectivity index (χ3v) is 6.42. The summed E-state index contributed by atoms with van der Waals surface area (Å²) in [5, 5.41) is 0. The molecule has 2 heterocycles. The molecule has 0 aliphatic carbocycles. The first-order valence-corrected chi connectivity index (χ1v) is 8.88. The molecule has 1 unspecified atom stereocenters. The number of rotatable bonds is 4. The lowest BCUT2D eigenvalue weighted by molar-refractivity contribution is 0.342. The van der Waals surface area contributed by atoms with Crippen LogP contribution in [0.5, 0.6) is 0 Å². The second kappa shape index (κ2) is 5.84. The first kappa shape index (κ1) is 14.0. The summed E-state index contributed by atoms with van der Waals surface area (Å²) in [5.41, 5.74) is 1.22. The van der Waals surface area contributed by atoms with E-state index in [-0.39, 0.29) is 6.04 Å². The molecule has 0 spiro atoms. The highest BCUT2D eigenvalue weighted by molar-refractivity contribution is 7.86. The molecule has 1 aromatic carbocycles. The van der Waals surface area contributed by atoms with Gasteiger partial charge in [0.05, 0.1) is 0 Å². The van der Waals surface area contributed by atoms with Gasteiger partial charge in [-0.15, -0.1) is 0 Å². The van der Waals surface area contributed by atoms with Gasteiger partial charge in [-0.3, -0.25) is 0 Å². The maximum absolute atomic E-state index is 12.7. The molecular formula is C15H22N2O2S. The third-order valence-electron chi connectivity index (χ3n) is 4.32. The Balaban J connectivity index is 1.75. The van der Waals surface area contributed by atoms with Crippen LogP contribution in [0.4, 0.5) is 0 Å². The highest BCUT2D eigenvalue weighted by Gasteiger charge is 2.38. The van der Waals surface area contributed by atoms with Crippen LogP contribution in [-0.4, -0.2) is 42.7 Å². The standard InChI is InChI=1S/C15H22N2O2S/c18-20(19,16-10-4-5-11-16)17-12-6-9-15(17)13-14-7-2-1-3-8-14/h1-3,7-8,15H,4-6,9-13H2. The van der Waals surface area contributed by atoms with Crippen molar-refractivity contribution in [3.63, 3.8) is 0 Å². The molecule has 0 saturated carbocycles. The van der Waals surface area contributed by atoms with Crippen LogP contribution < -0.4 is 0 Å². The molecule has 3 rings (SSSR count). The Labute approximate surface area is 121 Å². The fourth-order valence-corrected chi connectivity index (χ4v) is 5.20. The lowest BCUT2D eigenvalue weighted by Gasteiger charge is -2.28. The topological polar surface area (TPSA) is 40.6 Å². The molecule has 1 atom stereocenters. The molecule has 4 nitrogen and oxygen atoms in total. The summed E-state index contributed by atoms with van der Waals surface area (Å²) in [7, 11) is -3.24. The smallest absolute Gasteiger partial charge is 0.195 e. The predicted octanol–water partition coefficient (Wildman–Crippen LogP) is 2.03. The zero-order valence-electron chi connectivity index (χ0n) is 11.7. The zero-order chi connectivity index (χ0) is 14.0. The number of hydrogen-bond donors (Lipinski definition) is 0. The SMILES string of the molecule is O=S(=O)(N1CCCC1)N1CCCC1Cc1ccccc1. The van der Waals surface area contributed by atoms with Gasteiger partial charge in [-0.05, 0) is 37.7 Å². The molecule has 0 aromatic heterocycles. The van der Waals surface area contributed by atoms with Crippen molar-refractivity contribution in [2.24, 2.45) is 0 Å². The first-order chi connectivity index (χ1) is 9.68. The van der Waals surface area contributed by atoms with Crippen LogP contribution in [0.2, 0.25) is 0 Å². The summed E-state index contributed by atoms with van der Waals surface area (Å²) in [6, 6.07) is 10.3. The first-order valence-electron chi connectivity index (χ1n) is 7.49. The van der Waals surface area contributed by atoms with Gasteiger partial charge in [-0.1, -0.05) is 30.3 Å². The molecule has 0 bridgehead atoms. The van der Waals surface area contributed by atoms with E-state index in [2.05, 4.69) is 12.1 Å². The Hall–Kier alpha value is -0.910. The Bertz CT molecular complexity index is 538. The van der Waals surface area contributed by atoms with E-state index in [0.717, 1.165) is 32.1 Å². The molecule has 0 N–H and O–H groups in total. The van der Waals surface area contributed by atoms with Crippen LogP contribution in [-0.2, 0) is 16.6 Å². The molecule has 0 radical (unpaired) electrons. The number of benzene rings is 1. The van der Waals surface area contributed by atoms with Crippen LogP contribution in [0.25, 0.3) is 0 Å². The van der Waals surface area contributed by atoms with Crippen LogP contribution >= 0.6 is 0 Å². The van der Waals surface area contributed by atoms with E-state index >= 15 is 0 Å². The zero-order valence-corrected chi connectivity index (χ0v) is 12.6. The Kier molecular flexibility index (Phi) is 4.10. The minimum absolute atomic E-state index is 0.128. The van der Waals surface area contributed by atoms with Gasteiger partial charge in [0.15, 0.2) is 0 Å². The number of hydrogen-bond acceptors (Lipinski definition) is 2.